The van der Waals surface area contributed by atoms with E-state index < -0.39 is 5.97 Å². The largest absolute Gasteiger partial charge is 0.477 e. The maximum absolute atomic E-state index is 10.6. The molecule has 7 heteroatoms. The minimum atomic E-state index is -0.893. The number of carboxylic acids is 1. The molecule has 7 nitrogen and oxygen atoms in total. The van der Waals surface area contributed by atoms with Gasteiger partial charge in [0.15, 0.2) is 17.9 Å². The smallest absolute Gasteiger partial charge is 0.370 e. The highest BCUT2D eigenvalue weighted by atomic mass is 16.5. The van der Waals surface area contributed by atoms with Crippen LogP contribution in [0, 0.1) is 0 Å². The van der Waals surface area contributed by atoms with Gasteiger partial charge in [0.1, 0.15) is 5.69 Å². The maximum atomic E-state index is 10.6. The number of pyridine rings is 1. The van der Waals surface area contributed by atoms with Crippen molar-refractivity contribution in [3.8, 4) is 11.3 Å². The van der Waals surface area contributed by atoms with Crippen molar-refractivity contribution in [1.29, 1.82) is 0 Å². The summed E-state index contributed by atoms with van der Waals surface area (Å²) >= 11 is 0. The van der Waals surface area contributed by atoms with Gasteiger partial charge in [-0.1, -0.05) is 5.16 Å². The van der Waals surface area contributed by atoms with E-state index >= 15 is 0 Å². The van der Waals surface area contributed by atoms with Crippen molar-refractivity contribution in [2.24, 2.45) is 0 Å². The van der Waals surface area contributed by atoms with Crippen LogP contribution in [-0.2, 0) is 11.3 Å². The molecule has 3 aromatic rings. The number of aromatic nitrogens is 4. The SMILES string of the molecule is O=C(O)C[n+]1ccc(-c2noc3nccnc23)cc1. The first-order valence-corrected chi connectivity index (χ1v) is 5.52. The first-order valence-electron chi connectivity index (χ1n) is 5.52. The van der Waals surface area contributed by atoms with E-state index in [2.05, 4.69) is 15.1 Å². The van der Waals surface area contributed by atoms with Crippen molar-refractivity contribution in [3.05, 3.63) is 36.9 Å². The van der Waals surface area contributed by atoms with Crippen LogP contribution in [-0.4, -0.2) is 26.2 Å². The number of aliphatic carboxylic acids is 1. The van der Waals surface area contributed by atoms with Crippen molar-refractivity contribution in [2.75, 3.05) is 0 Å². The normalized spacial score (nSPS) is 10.7. The number of hydrogen-bond acceptors (Lipinski definition) is 5. The summed E-state index contributed by atoms with van der Waals surface area (Å²) in [5.74, 6) is -0.893. The van der Waals surface area contributed by atoms with Crippen molar-refractivity contribution in [1.82, 2.24) is 15.1 Å². The van der Waals surface area contributed by atoms with Crippen LogP contribution in [0.5, 0.6) is 0 Å². The molecule has 0 fully saturated rings. The third-order valence-corrected chi connectivity index (χ3v) is 2.59. The summed E-state index contributed by atoms with van der Waals surface area (Å²) in [5.41, 5.74) is 2.34. The lowest BCUT2D eigenvalue weighted by molar-refractivity contribution is -0.685. The Bertz CT molecular complexity index is 736. The van der Waals surface area contributed by atoms with E-state index in [1.54, 1.807) is 35.3 Å². The predicted octanol–water partition coefficient (Wildman–Crippen LogP) is 0.657. The molecule has 0 atom stereocenters. The van der Waals surface area contributed by atoms with E-state index in [0.29, 0.717) is 16.9 Å². The molecule has 0 unspecified atom stereocenters. The van der Waals surface area contributed by atoms with Crippen molar-refractivity contribution < 1.29 is 19.0 Å². The Morgan fingerprint density at radius 3 is 2.74 bits per heavy atom. The van der Waals surface area contributed by atoms with Gasteiger partial charge in [-0.05, 0) is 0 Å². The molecule has 0 aliphatic heterocycles. The van der Waals surface area contributed by atoms with Crippen LogP contribution >= 0.6 is 0 Å². The van der Waals surface area contributed by atoms with Gasteiger partial charge in [-0.2, -0.15) is 4.57 Å². The van der Waals surface area contributed by atoms with Gasteiger partial charge in [0, 0.05) is 30.1 Å². The second-order valence-electron chi connectivity index (χ2n) is 3.89. The third kappa shape index (κ3) is 2.13. The fourth-order valence-electron chi connectivity index (χ4n) is 1.75. The van der Waals surface area contributed by atoms with Crippen molar-refractivity contribution >= 4 is 17.2 Å². The number of carbonyl (C=O) groups is 1. The Morgan fingerprint density at radius 1 is 1.26 bits per heavy atom. The van der Waals surface area contributed by atoms with E-state index in [0.717, 1.165) is 5.56 Å². The molecule has 0 aromatic carbocycles. The first kappa shape index (κ1) is 11.3. The summed E-state index contributed by atoms with van der Waals surface area (Å²) in [6.45, 7) is -0.0837. The molecule has 3 heterocycles. The van der Waals surface area contributed by atoms with E-state index in [4.69, 9.17) is 9.63 Å². The molecule has 1 N–H and O–H groups in total. The average molecular weight is 257 g/mol. The number of rotatable bonds is 3. The summed E-state index contributed by atoms with van der Waals surface area (Å²) in [7, 11) is 0. The Kier molecular flexibility index (Phi) is 2.64. The van der Waals surface area contributed by atoms with Crippen LogP contribution in [0.3, 0.4) is 0 Å². The molecule has 19 heavy (non-hydrogen) atoms. The monoisotopic (exact) mass is 257 g/mol. The fourth-order valence-corrected chi connectivity index (χ4v) is 1.75. The van der Waals surface area contributed by atoms with Crippen LogP contribution in [0.15, 0.2) is 41.4 Å². The van der Waals surface area contributed by atoms with Gasteiger partial charge >= 0.3 is 5.97 Å². The number of fused-ring (bicyclic) bond motifs is 1. The standard InChI is InChI=1S/C12H8N4O3/c17-9(18)7-16-5-1-8(2-6-16)10-11-12(19-15-10)14-4-3-13-11/h1-6H,7H2/p+1. The highest BCUT2D eigenvalue weighted by Gasteiger charge is 2.14. The molecular formula is C12H9N4O3+. The van der Waals surface area contributed by atoms with Gasteiger partial charge in [0.05, 0.1) is 0 Å². The zero-order chi connectivity index (χ0) is 13.2. The molecule has 3 aromatic heterocycles. The quantitative estimate of drug-likeness (QED) is 0.693. The minimum Gasteiger partial charge on any atom is -0.477 e. The van der Waals surface area contributed by atoms with Gasteiger partial charge in [0.25, 0.3) is 5.71 Å². The van der Waals surface area contributed by atoms with E-state index in [9.17, 15) is 4.79 Å². The predicted molar refractivity (Wildman–Crippen MR) is 62.9 cm³/mol. The Balaban J connectivity index is 2.00. The lowest BCUT2D eigenvalue weighted by atomic mass is 10.2. The Morgan fingerprint density at radius 2 is 2.00 bits per heavy atom. The molecule has 0 amide bonds. The van der Waals surface area contributed by atoms with E-state index in [-0.39, 0.29) is 6.54 Å². The summed E-state index contributed by atoms with van der Waals surface area (Å²) in [5, 5.41) is 12.6. The molecule has 0 radical (unpaired) electrons. The summed E-state index contributed by atoms with van der Waals surface area (Å²) in [6.07, 6.45) is 6.43. The highest BCUT2D eigenvalue weighted by Crippen LogP contribution is 2.23. The van der Waals surface area contributed by atoms with Gasteiger partial charge in [-0.15, -0.1) is 0 Å². The number of hydrogen-bond donors (Lipinski definition) is 1. The highest BCUT2D eigenvalue weighted by molar-refractivity contribution is 5.85. The fraction of sp³-hybridized carbons (Fsp3) is 0.0833. The van der Waals surface area contributed by atoms with Gasteiger partial charge in [-0.3, -0.25) is 0 Å². The molecule has 0 bridgehead atoms. The van der Waals surface area contributed by atoms with Crippen molar-refractivity contribution in [3.63, 3.8) is 0 Å². The molecule has 3 rings (SSSR count). The van der Waals surface area contributed by atoms with Gasteiger partial charge in [-0.25, -0.2) is 14.8 Å². The Hall–Kier alpha value is -2.83. The van der Waals surface area contributed by atoms with Crippen LogP contribution in [0.1, 0.15) is 0 Å². The summed E-state index contributed by atoms with van der Waals surface area (Å²) < 4.78 is 6.63. The molecule has 0 saturated heterocycles. The van der Waals surface area contributed by atoms with E-state index in [1.165, 1.54) is 6.20 Å². The topological polar surface area (TPSA) is 93.0 Å². The van der Waals surface area contributed by atoms with Crippen molar-refractivity contribution in [2.45, 2.75) is 6.54 Å². The Labute approximate surface area is 107 Å². The molecule has 0 aliphatic carbocycles. The summed E-state index contributed by atoms with van der Waals surface area (Å²) in [4.78, 5) is 18.8. The van der Waals surface area contributed by atoms with Gasteiger partial charge < -0.3 is 9.63 Å². The molecule has 94 valence electrons. The third-order valence-electron chi connectivity index (χ3n) is 2.59. The lowest BCUT2D eigenvalue weighted by Crippen LogP contribution is -2.36. The second kappa shape index (κ2) is 4.45. The molecule has 0 spiro atoms. The average Bonchev–Trinajstić information content (AvgIpc) is 2.83. The van der Waals surface area contributed by atoms with Crippen LogP contribution in [0.4, 0.5) is 0 Å². The van der Waals surface area contributed by atoms with Gasteiger partial charge in [0.2, 0.25) is 6.54 Å². The molecular weight excluding hydrogens is 248 g/mol. The van der Waals surface area contributed by atoms with Crippen LogP contribution in [0.2, 0.25) is 0 Å². The van der Waals surface area contributed by atoms with E-state index in [1.807, 2.05) is 0 Å². The minimum absolute atomic E-state index is 0.0837. The lowest BCUT2D eigenvalue weighted by Gasteiger charge is -1.95. The first-order chi connectivity index (χ1) is 9.24. The van der Waals surface area contributed by atoms with Crippen LogP contribution < -0.4 is 4.57 Å². The molecule has 0 saturated carbocycles. The number of carboxylic acid groups (broad SMARTS) is 1. The second-order valence-corrected chi connectivity index (χ2v) is 3.89. The zero-order valence-electron chi connectivity index (χ0n) is 9.72. The number of nitrogens with zero attached hydrogens (tertiary/aromatic N) is 4. The molecule has 0 aliphatic rings. The maximum Gasteiger partial charge on any atom is 0.370 e. The van der Waals surface area contributed by atoms with Crippen LogP contribution in [0.25, 0.3) is 22.5 Å². The zero-order valence-corrected chi connectivity index (χ0v) is 9.72. The summed E-state index contributed by atoms with van der Waals surface area (Å²) in [6, 6.07) is 3.52.